The largest absolute Gasteiger partial charge is 0.388 e. The minimum absolute atomic E-state index is 0.324. The zero-order chi connectivity index (χ0) is 12.0. The van der Waals surface area contributed by atoms with Crippen molar-refractivity contribution in [1.82, 2.24) is 4.98 Å². The lowest BCUT2D eigenvalue weighted by Gasteiger charge is -2.21. The zero-order valence-electron chi connectivity index (χ0n) is 9.64. The Kier molecular flexibility index (Phi) is 5.14. The Balaban J connectivity index is 2.83. The van der Waals surface area contributed by atoms with Gasteiger partial charge in [0.25, 0.3) is 0 Å². The maximum Gasteiger partial charge on any atom is 0.129 e. The molecule has 0 aliphatic rings. The summed E-state index contributed by atoms with van der Waals surface area (Å²) in [6.45, 7) is 4.43. The molecule has 0 saturated carbocycles. The Hall–Kier alpha value is -1.20. The number of likely N-dealkylation sites (N-methyl/N-ethyl adjacent to an activating group) is 1. The van der Waals surface area contributed by atoms with Crippen molar-refractivity contribution in [3.05, 3.63) is 23.9 Å². The lowest BCUT2D eigenvalue weighted by molar-refractivity contribution is 0.205. The molecule has 0 spiro atoms. The summed E-state index contributed by atoms with van der Waals surface area (Å²) in [7, 11) is 1.69. The minimum Gasteiger partial charge on any atom is -0.388 e. The molecular formula is C11H17N3OS. The lowest BCUT2D eigenvalue weighted by Crippen LogP contribution is -2.28. The average molecular weight is 239 g/mol. The molecule has 2 N–H and O–H groups in total. The van der Waals surface area contributed by atoms with Crippen molar-refractivity contribution in [2.24, 2.45) is 5.73 Å². The maximum atomic E-state index is 5.55. The Labute approximate surface area is 101 Å². The third-order valence-electron chi connectivity index (χ3n) is 2.26. The first-order chi connectivity index (χ1) is 7.69. The molecule has 16 heavy (non-hydrogen) atoms. The summed E-state index contributed by atoms with van der Waals surface area (Å²) in [6, 6.07) is 5.67. The van der Waals surface area contributed by atoms with Gasteiger partial charge in [-0.15, -0.1) is 0 Å². The van der Waals surface area contributed by atoms with Crippen LogP contribution >= 0.6 is 12.2 Å². The lowest BCUT2D eigenvalue weighted by atomic mass is 10.3. The molecule has 0 radical (unpaired) electrons. The van der Waals surface area contributed by atoms with Crippen LogP contribution in [0.25, 0.3) is 0 Å². The summed E-state index contributed by atoms with van der Waals surface area (Å²) < 4.78 is 5.05. The molecular weight excluding hydrogens is 222 g/mol. The molecule has 0 fully saturated rings. The standard InChI is InChI=1S/C11H17N3OS/c1-3-14(7-8-15-2)10-6-4-5-9(13-10)11(12)16/h4-6H,3,7-8H2,1-2H3,(H2,12,16). The van der Waals surface area contributed by atoms with Gasteiger partial charge >= 0.3 is 0 Å². The highest BCUT2D eigenvalue weighted by atomic mass is 32.1. The van der Waals surface area contributed by atoms with E-state index in [1.807, 2.05) is 18.2 Å². The van der Waals surface area contributed by atoms with Gasteiger partial charge in [0, 0.05) is 20.2 Å². The zero-order valence-corrected chi connectivity index (χ0v) is 10.5. The van der Waals surface area contributed by atoms with Gasteiger partial charge < -0.3 is 15.4 Å². The van der Waals surface area contributed by atoms with Crippen molar-refractivity contribution >= 4 is 23.0 Å². The number of pyridine rings is 1. The summed E-state index contributed by atoms with van der Waals surface area (Å²) in [6.07, 6.45) is 0. The Bertz CT molecular complexity index is 357. The van der Waals surface area contributed by atoms with E-state index in [0.717, 1.165) is 18.9 Å². The molecule has 0 unspecified atom stereocenters. The molecule has 88 valence electrons. The van der Waals surface area contributed by atoms with Crippen LogP contribution in [0.15, 0.2) is 18.2 Å². The van der Waals surface area contributed by atoms with Gasteiger partial charge in [-0.1, -0.05) is 18.3 Å². The van der Waals surface area contributed by atoms with Gasteiger partial charge in [-0.2, -0.15) is 0 Å². The van der Waals surface area contributed by atoms with Crippen LogP contribution in [0.4, 0.5) is 5.82 Å². The number of anilines is 1. The second-order valence-electron chi connectivity index (χ2n) is 3.32. The van der Waals surface area contributed by atoms with Gasteiger partial charge in [0.1, 0.15) is 10.8 Å². The molecule has 0 bridgehead atoms. The van der Waals surface area contributed by atoms with Crippen LogP contribution in [0.5, 0.6) is 0 Å². The van der Waals surface area contributed by atoms with E-state index in [0.29, 0.717) is 17.3 Å². The third kappa shape index (κ3) is 3.43. The van der Waals surface area contributed by atoms with Crippen molar-refractivity contribution < 1.29 is 4.74 Å². The normalized spacial score (nSPS) is 10.1. The van der Waals surface area contributed by atoms with Crippen LogP contribution in [0, 0.1) is 0 Å². The van der Waals surface area contributed by atoms with Crippen LogP contribution < -0.4 is 10.6 Å². The van der Waals surface area contributed by atoms with Gasteiger partial charge in [0.2, 0.25) is 0 Å². The fourth-order valence-corrected chi connectivity index (χ4v) is 1.49. The number of nitrogens with two attached hydrogens (primary N) is 1. The van der Waals surface area contributed by atoms with E-state index in [-0.39, 0.29) is 0 Å². The summed E-state index contributed by atoms with van der Waals surface area (Å²) in [4.78, 5) is 6.84. The van der Waals surface area contributed by atoms with Gasteiger partial charge in [-0.3, -0.25) is 0 Å². The Morgan fingerprint density at radius 3 is 2.88 bits per heavy atom. The molecule has 1 heterocycles. The molecule has 4 nitrogen and oxygen atoms in total. The number of thiocarbonyl (C=S) groups is 1. The van der Waals surface area contributed by atoms with E-state index < -0.39 is 0 Å². The van der Waals surface area contributed by atoms with E-state index in [9.17, 15) is 0 Å². The van der Waals surface area contributed by atoms with Gasteiger partial charge in [-0.05, 0) is 19.1 Å². The quantitative estimate of drug-likeness (QED) is 0.756. The molecule has 5 heteroatoms. The van der Waals surface area contributed by atoms with E-state index in [4.69, 9.17) is 22.7 Å². The van der Waals surface area contributed by atoms with Crippen LogP contribution in [0.3, 0.4) is 0 Å². The highest BCUT2D eigenvalue weighted by Crippen LogP contribution is 2.10. The average Bonchev–Trinajstić information content (AvgIpc) is 2.30. The van der Waals surface area contributed by atoms with E-state index in [1.54, 1.807) is 7.11 Å². The van der Waals surface area contributed by atoms with Crippen LogP contribution in [0.2, 0.25) is 0 Å². The number of methoxy groups -OCH3 is 1. The first-order valence-corrected chi connectivity index (χ1v) is 5.60. The highest BCUT2D eigenvalue weighted by Gasteiger charge is 2.06. The molecule has 1 aromatic rings. The Morgan fingerprint density at radius 1 is 1.56 bits per heavy atom. The first-order valence-electron chi connectivity index (χ1n) is 5.19. The second-order valence-corrected chi connectivity index (χ2v) is 3.76. The summed E-state index contributed by atoms with van der Waals surface area (Å²) >= 11 is 4.90. The van der Waals surface area contributed by atoms with E-state index >= 15 is 0 Å². The third-order valence-corrected chi connectivity index (χ3v) is 2.47. The number of hydrogen-bond acceptors (Lipinski definition) is 4. The summed E-state index contributed by atoms with van der Waals surface area (Å²) in [5, 5.41) is 0. The van der Waals surface area contributed by atoms with Crippen molar-refractivity contribution in [1.29, 1.82) is 0 Å². The number of aromatic nitrogens is 1. The van der Waals surface area contributed by atoms with Crippen molar-refractivity contribution in [2.75, 3.05) is 31.7 Å². The minimum atomic E-state index is 0.324. The molecule has 0 aliphatic carbocycles. The predicted octanol–water partition coefficient (Wildman–Crippen LogP) is 1.19. The highest BCUT2D eigenvalue weighted by molar-refractivity contribution is 7.80. The smallest absolute Gasteiger partial charge is 0.129 e. The molecule has 0 saturated heterocycles. The van der Waals surface area contributed by atoms with Crippen LogP contribution in [-0.2, 0) is 4.74 Å². The SMILES string of the molecule is CCN(CCOC)c1cccc(C(N)=S)n1. The number of nitrogens with zero attached hydrogens (tertiary/aromatic N) is 2. The number of rotatable bonds is 6. The summed E-state index contributed by atoms with van der Waals surface area (Å²) in [5.74, 6) is 0.879. The van der Waals surface area contributed by atoms with Gasteiger partial charge in [0.05, 0.1) is 12.3 Å². The molecule has 1 rings (SSSR count). The van der Waals surface area contributed by atoms with Crippen LogP contribution in [-0.4, -0.2) is 36.8 Å². The number of ether oxygens (including phenoxy) is 1. The topological polar surface area (TPSA) is 51.4 Å². The first kappa shape index (κ1) is 12.9. The van der Waals surface area contributed by atoms with Crippen molar-refractivity contribution in [3.8, 4) is 0 Å². The van der Waals surface area contributed by atoms with Gasteiger partial charge in [0.15, 0.2) is 0 Å². The van der Waals surface area contributed by atoms with Crippen LogP contribution in [0.1, 0.15) is 12.6 Å². The van der Waals surface area contributed by atoms with Gasteiger partial charge in [-0.25, -0.2) is 4.98 Å². The summed E-state index contributed by atoms with van der Waals surface area (Å²) in [5.41, 5.74) is 6.21. The van der Waals surface area contributed by atoms with Crippen molar-refractivity contribution in [3.63, 3.8) is 0 Å². The van der Waals surface area contributed by atoms with Crippen molar-refractivity contribution in [2.45, 2.75) is 6.92 Å². The monoisotopic (exact) mass is 239 g/mol. The molecule has 0 amide bonds. The molecule has 1 aromatic heterocycles. The number of hydrogen-bond donors (Lipinski definition) is 1. The van der Waals surface area contributed by atoms with E-state index in [2.05, 4.69) is 16.8 Å². The fourth-order valence-electron chi connectivity index (χ4n) is 1.37. The maximum absolute atomic E-state index is 5.55. The predicted molar refractivity (Wildman–Crippen MR) is 69.9 cm³/mol. The Morgan fingerprint density at radius 2 is 2.31 bits per heavy atom. The molecule has 0 atom stereocenters. The second kappa shape index (κ2) is 6.40. The fraction of sp³-hybridized carbons (Fsp3) is 0.455. The molecule has 0 aliphatic heterocycles. The van der Waals surface area contributed by atoms with E-state index in [1.165, 1.54) is 0 Å². The molecule has 0 aromatic carbocycles.